The highest BCUT2D eigenvalue weighted by Gasteiger charge is 2.36. The molecule has 0 unspecified atom stereocenters. The first kappa shape index (κ1) is 24.0. The molecule has 0 aromatic heterocycles. The molecular weight excluding hydrogens is 496 g/mol. The van der Waals surface area contributed by atoms with Crippen LogP contribution < -0.4 is 19.1 Å². The van der Waals surface area contributed by atoms with Crippen molar-refractivity contribution in [3.8, 4) is 11.5 Å². The molecule has 4 rings (SSSR count). The van der Waals surface area contributed by atoms with E-state index in [9.17, 15) is 22.8 Å². The average Bonchev–Trinajstić information content (AvgIpc) is 2.83. The number of para-hydroxylation sites is 1. The summed E-state index contributed by atoms with van der Waals surface area (Å²) in [6.45, 7) is 0. The number of amides is 4. The van der Waals surface area contributed by atoms with Crippen molar-refractivity contribution in [2.45, 2.75) is 4.90 Å². The minimum atomic E-state index is -4.18. The van der Waals surface area contributed by atoms with Crippen molar-refractivity contribution >= 4 is 51.3 Å². The van der Waals surface area contributed by atoms with E-state index in [0.717, 1.165) is 4.90 Å². The van der Waals surface area contributed by atoms with Crippen LogP contribution in [-0.4, -0.2) is 33.4 Å². The van der Waals surface area contributed by atoms with Gasteiger partial charge in [-0.15, -0.1) is 0 Å². The molecule has 1 heterocycles. The number of carbonyl (C=O) groups is 3. The fourth-order valence-electron chi connectivity index (χ4n) is 3.25. The van der Waals surface area contributed by atoms with Crippen molar-refractivity contribution in [1.29, 1.82) is 0 Å². The Hall–Kier alpha value is -4.15. The minimum Gasteiger partial charge on any atom is -0.493 e. The van der Waals surface area contributed by atoms with Gasteiger partial charge in [-0.3, -0.25) is 14.9 Å². The van der Waals surface area contributed by atoms with Crippen LogP contribution in [0.4, 0.5) is 10.5 Å². The zero-order chi connectivity index (χ0) is 25.2. The predicted octanol–water partition coefficient (Wildman–Crippen LogP) is 3.78. The number of carbonyl (C=O) groups excluding carboxylic acids is 3. The van der Waals surface area contributed by atoms with Gasteiger partial charge in [0.2, 0.25) is 0 Å². The monoisotopic (exact) mass is 512 g/mol. The maximum Gasteiger partial charge on any atom is 0.339 e. The lowest BCUT2D eigenvalue weighted by molar-refractivity contribution is -0.122. The normalized spacial score (nSPS) is 15.2. The van der Waals surface area contributed by atoms with Gasteiger partial charge in [-0.05, 0) is 60.2 Å². The Morgan fingerprint density at radius 2 is 1.60 bits per heavy atom. The lowest BCUT2D eigenvalue weighted by Crippen LogP contribution is -2.54. The highest BCUT2D eigenvalue weighted by Crippen LogP contribution is 2.32. The quantitative estimate of drug-likeness (QED) is 0.303. The van der Waals surface area contributed by atoms with Gasteiger partial charge in [-0.25, -0.2) is 9.69 Å². The smallest absolute Gasteiger partial charge is 0.339 e. The van der Waals surface area contributed by atoms with Crippen LogP contribution >= 0.6 is 11.6 Å². The molecule has 1 fully saturated rings. The third kappa shape index (κ3) is 5.03. The van der Waals surface area contributed by atoms with E-state index in [0.29, 0.717) is 16.3 Å². The van der Waals surface area contributed by atoms with Crippen LogP contribution in [0.15, 0.2) is 83.3 Å². The van der Waals surface area contributed by atoms with Crippen LogP contribution in [0.3, 0.4) is 0 Å². The molecule has 1 aliphatic heterocycles. The van der Waals surface area contributed by atoms with E-state index in [1.165, 1.54) is 55.7 Å². The van der Waals surface area contributed by atoms with Gasteiger partial charge in [-0.2, -0.15) is 8.42 Å². The first-order valence-electron chi connectivity index (χ1n) is 10.0. The van der Waals surface area contributed by atoms with Gasteiger partial charge < -0.3 is 8.92 Å². The standard InChI is InChI=1S/C24H17ClN2O7S/c1-33-21-14-15(7-12-20(21)34-35(31,32)18-10-8-16(25)9-11-18)13-19-22(28)26-24(30)27(23(19)29)17-5-3-2-4-6-17/h2-14H,1H3,(H,26,28,30)/b19-13+. The number of barbiturate groups is 1. The van der Waals surface area contributed by atoms with Crippen molar-refractivity contribution in [1.82, 2.24) is 5.32 Å². The lowest BCUT2D eigenvalue weighted by Gasteiger charge is -2.26. The van der Waals surface area contributed by atoms with Gasteiger partial charge in [0.15, 0.2) is 11.5 Å². The molecule has 3 aromatic carbocycles. The van der Waals surface area contributed by atoms with Crippen molar-refractivity contribution < 1.29 is 31.7 Å². The molecule has 1 aliphatic rings. The number of hydrogen-bond acceptors (Lipinski definition) is 7. The third-order valence-electron chi connectivity index (χ3n) is 4.92. The van der Waals surface area contributed by atoms with E-state index >= 15 is 0 Å². The largest absolute Gasteiger partial charge is 0.493 e. The summed E-state index contributed by atoms with van der Waals surface area (Å²) in [5, 5.41) is 2.50. The maximum absolute atomic E-state index is 13.0. The Kier molecular flexibility index (Phi) is 6.59. The van der Waals surface area contributed by atoms with Gasteiger partial charge >= 0.3 is 16.1 Å². The summed E-state index contributed by atoms with van der Waals surface area (Å²) in [6, 6.07) is 16.9. The first-order chi connectivity index (χ1) is 16.7. The van der Waals surface area contributed by atoms with Crippen molar-refractivity contribution in [2.75, 3.05) is 12.0 Å². The van der Waals surface area contributed by atoms with Crippen molar-refractivity contribution in [3.05, 3.63) is 89.0 Å². The molecule has 0 atom stereocenters. The predicted molar refractivity (Wildman–Crippen MR) is 128 cm³/mol. The van der Waals surface area contributed by atoms with Gasteiger partial charge in [0.25, 0.3) is 11.8 Å². The molecule has 3 aromatic rings. The third-order valence-corrected chi connectivity index (χ3v) is 6.42. The van der Waals surface area contributed by atoms with Crippen molar-refractivity contribution in [3.63, 3.8) is 0 Å². The molecule has 0 saturated carbocycles. The SMILES string of the molecule is COc1cc(/C=C2\C(=O)NC(=O)N(c3ccccc3)C2=O)ccc1OS(=O)(=O)c1ccc(Cl)cc1. The molecule has 0 spiro atoms. The van der Waals surface area contributed by atoms with Crippen LogP contribution in [0, 0.1) is 0 Å². The summed E-state index contributed by atoms with van der Waals surface area (Å²) in [7, 11) is -2.87. The molecule has 1 N–H and O–H groups in total. The Morgan fingerprint density at radius 1 is 0.914 bits per heavy atom. The van der Waals surface area contributed by atoms with E-state index in [4.69, 9.17) is 20.5 Å². The second-order valence-corrected chi connectivity index (χ2v) is 9.18. The fourth-order valence-corrected chi connectivity index (χ4v) is 4.31. The summed E-state index contributed by atoms with van der Waals surface area (Å²) < 4.78 is 35.7. The van der Waals surface area contributed by atoms with Crippen LogP contribution in [0.5, 0.6) is 11.5 Å². The topological polar surface area (TPSA) is 119 Å². The number of halogens is 1. The summed E-state index contributed by atoms with van der Waals surface area (Å²) in [5.41, 5.74) is 0.332. The Balaban J connectivity index is 1.65. The Bertz CT molecular complexity index is 1450. The molecule has 178 valence electrons. The average molecular weight is 513 g/mol. The second-order valence-electron chi connectivity index (χ2n) is 7.20. The number of benzene rings is 3. The molecule has 4 amide bonds. The van der Waals surface area contributed by atoms with Crippen LogP contribution in [0.25, 0.3) is 6.08 Å². The zero-order valence-corrected chi connectivity index (χ0v) is 19.7. The Morgan fingerprint density at radius 3 is 2.26 bits per heavy atom. The first-order valence-corrected chi connectivity index (χ1v) is 11.8. The summed E-state index contributed by atoms with van der Waals surface area (Å²) in [6.07, 6.45) is 1.26. The zero-order valence-electron chi connectivity index (χ0n) is 18.1. The molecule has 0 aliphatic carbocycles. The second kappa shape index (κ2) is 9.61. The molecule has 11 heteroatoms. The van der Waals surface area contributed by atoms with E-state index in [1.807, 2.05) is 0 Å². The van der Waals surface area contributed by atoms with Crippen LogP contribution in [-0.2, 0) is 19.7 Å². The number of rotatable bonds is 6. The van der Waals surface area contributed by atoms with E-state index in [-0.39, 0.29) is 22.0 Å². The van der Waals surface area contributed by atoms with Gasteiger partial charge in [-0.1, -0.05) is 35.9 Å². The summed E-state index contributed by atoms with van der Waals surface area (Å²) >= 11 is 5.80. The number of hydrogen-bond donors (Lipinski definition) is 1. The highest BCUT2D eigenvalue weighted by molar-refractivity contribution is 7.87. The number of anilines is 1. The summed E-state index contributed by atoms with van der Waals surface area (Å²) in [5.74, 6) is -1.74. The maximum atomic E-state index is 13.0. The summed E-state index contributed by atoms with van der Waals surface area (Å²) in [4.78, 5) is 38.4. The van der Waals surface area contributed by atoms with Gasteiger partial charge in [0, 0.05) is 5.02 Å². The number of imide groups is 2. The van der Waals surface area contributed by atoms with Gasteiger partial charge in [0.05, 0.1) is 12.8 Å². The molecule has 35 heavy (non-hydrogen) atoms. The molecule has 0 radical (unpaired) electrons. The fraction of sp³-hybridized carbons (Fsp3) is 0.0417. The Labute approximate surface area is 205 Å². The number of nitrogens with one attached hydrogen (secondary N) is 1. The number of methoxy groups -OCH3 is 1. The lowest BCUT2D eigenvalue weighted by atomic mass is 10.1. The number of ether oxygens (including phenoxy) is 1. The van der Waals surface area contributed by atoms with E-state index in [2.05, 4.69) is 5.32 Å². The minimum absolute atomic E-state index is 0.0385. The molecular formula is C24H17ClN2O7S. The van der Waals surface area contributed by atoms with Gasteiger partial charge in [0.1, 0.15) is 10.5 Å². The van der Waals surface area contributed by atoms with E-state index in [1.54, 1.807) is 30.3 Å². The van der Waals surface area contributed by atoms with Crippen molar-refractivity contribution in [2.24, 2.45) is 0 Å². The van der Waals surface area contributed by atoms with Crippen LogP contribution in [0.1, 0.15) is 5.56 Å². The molecule has 1 saturated heterocycles. The molecule has 9 nitrogen and oxygen atoms in total. The molecule has 0 bridgehead atoms. The number of nitrogens with zero attached hydrogens (tertiary/aromatic N) is 1. The highest BCUT2D eigenvalue weighted by atomic mass is 35.5. The number of urea groups is 1. The van der Waals surface area contributed by atoms with Crippen LogP contribution in [0.2, 0.25) is 5.02 Å². The van der Waals surface area contributed by atoms with E-state index < -0.39 is 28.0 Å².